The summed E-state index contributed by atoms with van der Waals surface area (Å²) in [6.07, 6.45) is 3.20. The van der Waals surface area contributed by atoms with Gasteiger partial charge in [0.1, 0.15) is 5.15 Å². The lowest BCUT2D eigenvalue weighted by molar-refractivity contribution is 0.102. The van der Waals surface area contributed by atoms with Crippen molar-refractivity contribution < 1.29 is 4.79 Å². The van der Waals surface area contributed by atoms with Crippen LogP contribution in [0.2, 0.25) is 5.15 Å². The van der Waals surface area contributed by atoms with Crippen LogP contribution in [0.1, 0.15) is 10.4 Å². The van der Waals surface area contributed by atoms with Crippen LogP contribution >= 0.6 is 43.5 Å². The van der Waals surface area contributed by atoms with E-state index in [0.717, 1.165) is 19.8 Å². The van der Waals surface area contributed by atoms with Gasteiger partial charge in [0.05, 0.1) is 17.4 Å². The van der Waals surface area contributed by atoms with Gasteiger partial charge in [0.2, 0.25) is 0 Å². The smallest absolute Gasteiger partial charge is 0.257 e. The summed E-state index contributed by atoms with van der Waals surface area (Å²) in [7, 11) is 0. The van der Waals surface area contributed by atoms with Crippen molar-refractivity contribution >= 4 is 66.0 Å². The second-order valence-electron chi connectivity index (χ2n) is 4.34. The van der Waals surface area contributed by atoms with E-state index in [9.17, 15) is 4.79 Å². The highest BCUT2D eigenvalue weighted by Crippen LogP contribution is 2.30. The number of hydrogen-bond acceptors (Lipinski definition) is 2. The molecule has 1 amide bonds. The minimum atomic E-state index is -0.209. The molecule has 21 heavy (non-hydrogen) atoms. The van der Waals surface area contributed by atoms with Gasteiger partial charge in [0, 0.05) is 26.0 Å². The van der Waals surface area contributed by atoms with Gasteiger partial charge in [-0.3, -0.25) is 4.79 Å². The van der Waals surface area contributed by atoms with Gasteiger partial charge >= 0.3 is 0 Å². The number of nitrogens with zero attached hydrogens (tertiary/aromatic N) is 1. The van der Waals surface area contributed by atoms with E-state index in [1.165, 1.54) is 6.20 Å². The average Bonchev–Trinajstić information content (AvgIpc) is 2.85. The number of hydrogen-bond donors (Lipinski definition) is 2. The molecule has 0 aliphatic rings. The lowest BCUT2D eigenvalue weighted by atomic mass is 10.1. The summed E-state index contributed by atoms with van der Waals surface area (Å²) in [5.74, 6) is -0.209. The molecule has 0 spiro atoms. The van der Waals surface area contributed by atoms with Crippen molar-refractivity contribution in [2.75, 3.05) is 5.32 Å². The molecule has 0 saturated heterocycles. The first-order valence-electron chi connectivity index (χ1n) is 5.93. The summed E-state index contributed by atoms with van der Waals surface area (Å²) in [6.45, 7) is 0. The van der Waals surface area contributed by atoms with Crippen molar-refractivity contribution in [1.82, 2.24) is 9.97 Å². The molecule has 0 unspecified atom stereocenters. The second kappa shape index (κ2) is 5.79. The van der Waals surface area contributed by atoms with Crippen molar-refractivity contribution in [2.45, 2.75) is 0 Å². The van der Waals surface area contributed by atoms with E-state index in [-0.39, 0.29) is 5.91 Å². The number of halogens is 3. The van der Waals surface area contributed by atoms with Crippen LogP contribution in [0.4, 0.5) is 5.69 Å². The van der Waals surface area contributed by atoms with Crippen LogP contribution < -0.4 is 5.32 Å². The van der Waals surface area contributed by atoms with Crippen molar-refractivity contribution in [1.29, 1.82) is 0 Å². The topological polar surface area (TPSA) is 57.8 Å². The number of anilines is 1. The maximum atomic E-state index is 12.4. The Kier molecular flexibility index (Phi) is 4.01. The highest BCUT2D eigenvalue weighted by atomic mass is 79.9. The van der Waals surface area contributed by atoms with Crippen molar-refractivity contribution in [3.63, 3.8) is 0 Å². The zero-order valence-corrected chi connectivity index (χ0v) is 14.4. The van der Waals surface area contributed by atoms with Crippen molar-refractivity contribution in [2.24, 2.45) is 0 Å². The van der Waals surface area contributed by atoms with Gasteiger partial charge in [0.15, 0.2) is 0 Å². The summed E-state index contributed by atoms with van der Waals surface area (Å²) in [5.41, 5.74) is 2.03. The standard InChI is InChI=1S/C14H8Br2ClN3O/c15-10-3-8-9(6-18-12(8)4-11(10)16)14(21)20-7-1-2-13(17)19-5-7/h1-6,18H,(H,20,21). The summed E-state index contributed by atoms with van der Waals surface area (Å²) >= 11 is 12.6. The zero-order valence-electron chi connectivity index (χ0n) is 10.5. The Bertz CT molecular complexity index is 830. The van der Waals surface area contributed by atoms with Crippen LogP contribution in [0.5, 0.6) is 0 Å². The Labute approximate surface area is 142 Å². The second-order valence-corrected chi connectivity index (χ2v) is 6.43. The molecule has 2 heterocycles. The molecule has 0 radical (unpaired) electrons. The fourth-order valence-electron chi connectivity index (χ4n) is 1.95. The SMILES string of the molecule is O=C(Nc1ccc(Cl)nc1)c1c[nH]c2cc(Br)c(Br)cc12. The van der Waals surface area contributed by atoms with Gasteiger partial charge in [-0.25, -0.2) is 4.98 Å². The summed E-state index contributed by atoms with van der Waals surface area (Å²) in [5, 5.41) is 4.01. The third kappa shape index (κ3) is 2.97. The number of amides is 1. The lowest BCUT2D eigenvalue weighted by Crippen LogP contribution is -2.11. The van der Waals surface area contributed by atoms with Crippen LogP contribution in [-0.4, -0.2) is 15.9 Å². The molecule has 0 aliphatic heterocycles. The molecule has 0 atom stereocenters. The van der Waals surface area contributed by atoms with E-state index in [0.29, 0.717) is 16.4 Å². The molecule has 3 rings (SSSR count). The van der Waals surface area contributed by atoms with Crippen LogP contribution in [0, 0.1) is 0 Å². The number of rotatable bonds is 2. The molecular formula is C14H8Br2ClN3O. The summed E-state index contributed by atoms with van der Waals surface area (Å²) < 4.78 is 1.81. The molecule has 3 aromatic rings. The van der Waals surface area contributed by atoms with Crippen LogP contribution in [-0.2, 0) is 0 Å². The number of pyridine rings is 1. The van der Waals surface area contributed by atoms with Crippen molar-refractivity contribution in [3.05, 3.63) is 56.3 Å². The zero-order chi connectivity index (χ0) is 15.0. The minimum Gasteiger partial charge on any atom is -0.360 e. The molecule has 7 heteroatoms. The number of H-pyrrole nitrogens is 1. The lowest BCUT2D eigenvalue weighted by Gasteiger charge is -2.04. The van der Waals surface area contributed by atoms with E-state index in [1.807, 2.05) is 12.1 Å². The van der Waals surface area contributed by atoms with Crippen LogP contribution in [0.25, 0.3) is 10.9 Å². The fraction of sp³-hybridized carbons (Fsp3) is 0. The summed E-state index contributed by atoms with van der Waals surface area (Å²) in [4.78, 5) is 19.4. The number of aromatic amines is 1. The Balaban J connectivity index is 1.94. The fourth-order valence-corrected chi connectivity index (χ4v) is 2.75. The Hall–Kier alpha value is -1.37. The molecule has 0 saturated carbocycles. The highest BCUT2D eigenvalue weighted by Gasteiger charge is 2.14. The van der Waals surface area contributed by atoms with E-state index in [4.69, 9.17) is 11.6 Å². The van der Waals surface area contributed by atoms with Gasteiger partial charge in [-0.05, 0) is 56.1 Å². The quantitative estimate of drug-likeness (QED) is 0.564. The van der Waals surface area contributed by atoms with Crippen LogP contribution in [0.3, 0.4) is 0 Å². The number of carbonyl (C=O) groups is 1. The molecule has 4 nitrogen and oxygen atoms in total. The van der Waals surface area contributed by atoms with E-state index >= 15 is 0 Å². The van der Waals surface area contributed by atoms with Gasteiger partial charge in [-0.2, -0.15) is 0 Å². The number of fused-ring (bicyclic) bond motifs is 1. The third-order valence-electron chi connectivity index (χ3n) is 2.95. The maximum absolute atomic E-state index is 12.4. The minimum absolute atomic E-state index is 0.209. The first-order chi connectivity index (χ1) is 10.0. The third-order valence-corrected chi connectivity index (χ3v) is 5.02. The molecule has 0 bridgehead atoms. The predicted molar refractivity (Wildman–Crippen MR) is 90.9 cm³/mol. The number of aromatic nitrogens is 2. The largest absolute Gasteiger partial charge is 0.360 e. The molecule has 2 aromatic heterocycles. The summed E-state index contributed by atoms with van der Waals surface area (Å²) in [6, 6.07) is 7.14. The van der Waals surface area contributed by atoms with Gasteiger partial charge in [0.25, 0.3) is 5.91 Å². The number of carbonyl (C=O) groups excluding carboxylic acids is 1. The average molecular weight is 429 g/mol. The number of benzene rings is 1. The van der Waals surface area contributed by atoms with Crippen molar-refractivity contribution in [3.8, 4) is 0 Å². The molecule has 2 N–H and O–H groups in total. The van der Waals surface area contributed by atoms with Gasteiger partial charge < -0.3 is 10.3 Å². The Morgan fingerprint density at radius 3 is 2.71 bits per heavy atom. The Morgan fingerprint density at radius 1 is 1.24 bits per heavy atom. The van der Waals surface area contributed by atoms with E-state index in [2.05, 4.69) is 47.1 Å². The maximum Gasteiger partial charge on any atom is 0.257 e. The monoisotopic (exact) mass is 427 g/mol. The number of nitrogens with one attached hydrogen (secondary N) is 2. The van der Waals surface area contributed by atoms with E-state index < -0.39 is 0 Å². The molecular weight excluding hydrogens is 421 g/mol. The van der Waals surface area contributed by atoms with Crippen LogP contribution in [0.15, 0.2) is 45.6 Å². The predicted octanol–water partition coefficient (Wildman–Crippen LogP) is 4.99. The molecule has 0 fully saturated rings. The molecule has 1 aromatic carbocycles. The van der Waals surface area contributed by atoms with E-state index in [1.54, 1.807) is 18.3 Å². The molecule has 0 aliphatic carbocycles. The first-order valence-corrected chi connectivity index (χ1v) is 7.90. The van der Waals surface area contributed by atoms with Gasteiger partial charge in [-0.15, -0.1) is 0 Å². The normalized spacial score (nSPS) is 10.8. The molecule has 106 valence electrons. The highest BCUT2D eigenvalue weighted by molar-refractivity contribution is 9.13. The Morgan fingerprint density at radius 2 is 2.00 bits per heavy atom. The van der Waals surface area contributed by atoms with Gasteiger partial charge in [-0.1, -0.05) is 11.6 Å². The first kappa shape index (κ1) is 14.6.